The van der Waals surface area contributed by atoms with E-state index in [0.717, 1.165) is 17.7 Å². The summed E-state index contributed by atoms with van der Waals surface area (Å²) in [6.45, 7) is -0.405. The number of hydrogen-bond donors (Lipinski definition) is 9. The van der Waals surface area contributed by atoms with Gasteiger partial charge < -0.3 is 47.0 Å². The molecule has 0 aliphatic heterocycles. The molecule has 0 heterocycles. The minimum atomic E-state index is -2.26. The Hall–Kier alpha value is -8.29. The van der Waals surface area contributed by atoms with Gasteiger partial charge in [0.2, 0.25) is 11.6 Å². The van der Waals surface area contributed by atoms with Gasteiger partial charge in [-0.25, -0.2) is 58.3 Å². The molecular weight excluding hydrogens is 1010 g/mol. The molecule has 0 spiro atoms. The van der Waals surface area contributed by atoms with Gasteiger partial charge in [0, 0.05) is 58.7 Å². The second-order valence-electron chi connectivity index (χ2n) is 13.0. The first-order valence-corrected chi connectivity index (χ1v) is 19.2. The van der Waals surface area contributed by atoms with Crippen LogP contribution in [0, 0.1) is 68.3 Å². The lowest BCUT2D eigenvalue weighted by molar-refractivity contribution is -0.384. The van der Waals surface area contributed by atoms with E-state index in [-0.39, 0.29) is 34.0 Å². The molecule has 0 aromatic heterocycles. The third kappa shape index (κ3) is 13.6. The number of alkyl halides is 1. The number of nitro groups is 1. The van der Waals surface area contributed by atoms with Crippen molar-refractivity contribution in [1.82, 2.24) is 0 Å². The van der Waals surface area contributed by atoms with Crippen molar-refractivity contribution in [2.45, 2.75) is 18.4 Å². The smallest absolute Gasteiger partial charge is 0.339 e. The summed E-state index contributed by atoms with van der Waals surface area (Å²) in [5.74, 6) is -24.9. The number of carboxylic acid groups (broad SMARTS) is 3. The van der Waals surface area contributed by atoms with Gasteiger partial charge >= 0.3 is 17.9 Å². The molecule has 360 valence electrons. The average molecular weight is 1040 g/mol. The minimum Gasteiger partial charge on any atom is -0.507 e. The van der Waals surface area contributed by atoms with Crippen LogP contribution in [0.15, 0.2) is 78.9 Å². The Kier molecular flexibility index (Phi) is 18.9. The normalized spacial score (nSPS) is 10.3. The fourth-order valence-electron chi connectivity index (χ4n) is 5.06. The Balaban J connectivity index is 0.000000250. The fraction of sp³-hybridized carbons (Fsp3) is 0.0714. The summed E-state index contributed by atoms with van der Waals surface area (Å²) in [4.78, 5) is 42.2. The number of aromatic hydroxyl groups is 3. The number of hydrogen-bond acceptors (Lipinski definition) is 11. The van der Waals surface area contributed by atoms with Gasteiger partial charge in [-0.3, -0.25) is 10.1 Å². The van der Waals surface area contributed by atoms with Gasteiger partial charge in [0.25, 0.3) is 5.69 Å². The van der Waals surface area contributed by atoms with Crippen molar-refractivity contribution in [2.24, 2.45) is 0 Å². The maximum atomic E-state index is 13.5. The lowest BCUT2D eigenvalue weighted by Crippen LogP contribution is -2.11. The summed E-state index contributed by atoms with van der Waals surface area (Å²) >= 11 is 2.62. The Morgan fingerprint density at radius 2 is 0.853 bits per heavy atom. The number of phenols is 3. The Morgan fingerprint density at radius 3 is 1.21 bits per heavy atom. The zero-order chi connectivity index (χ0) is 51.3. The SMILES string of the molecule is Fc1c(F)c(F)c(CBr)c(F)c1F.Nc1ccc(O)c(C(=O)O)c1.O=C(O)c1cc(NCc2c(F)c(F)c(F)c(F)c2F)ccc1O.O=C(O)c1cc(NCc2ccc([N+](=O)[O-])cc2)ccc1O. The zero-order valence-electron chi connectivity index (χ0n) is 33.5. The number of nitrogens with two attached hydrogens (primary N) is 1. The van der Waals surface area contributed by atoms with Crippen LogP contribution < -0.4 is 16.4 Å². The predicted molar refractivity (Wildman–Crippen MR) is 222 cm³/mol. The van der Waals surface area contributed by atoms with Crippen molar-refractivity contribution in [1.29, 1.82) is 0 Å². The Bertz CT molecular complexity index is 2820. The van der Waals surface area contributed by atoms with E-state index in [9.17, 15) is 78.6 Å². The number of nitrogen functional groups attached to an aromatic ring is 1. The molecule has 0 aliphatic carbocycles. The van der Waals surface area contributed by atoms with Crippen LogP contribution in [0.3, 0.4) is 0 Å². The van der Waals surface area contributed by atoms with Gasteiger partial charge in [-0.05, 0) is 60.2 Å². The van der Waals surface area contributed by atoms with Gasteiger partial charge in [0.05, 0.1) is 4.92 Å². The van der Waals surface area contributed by atoms with E-state index in [0.29, 0.717) is 17.9 Å². The molecule has 6 aromatic carbocycles. The number of halogens is 11. The van der Waals surface area contributed by atoms with Gasteiger partial charge in [-0.1, -0.05) is 28.1 Å². The maximum Gasteiger partial charge on any atom is 0.339 e. The number of anilines is 3. The largest absolute Gasteiger partial charge is 0.507 e. The van der Waals surface area contributed by atoms with E-state index in [1.165, 1.54) is 48.5 Å². The quantitative estimate of drug-likeness (QED) is 0.00855. The summed E-state index contributed by atoms with van der Waals surface area (Å²) in [5.41, 5.74) is 4.15. The summed E-state index contributed by atoms with van der Waals surface area (Å²) in [6.07, 6.45) is 0. The summed E-state index contributed by atoms with van der Waals surface area (Å²) in [7, 11) is 0. The molecule has 0 bridgehead atoms. The molecule has 6 rings (SSSR count). The second kappa shape index (κ2) is 23.8. The number of nitrogens with zero attached hydrogens (tertiary/aromatic N) is 1. The van der Waals surface area contributed by atoms with Crippen LogP contribution in [0.25, 0.3) is 0 Å². The second-order valence-corrected chi connectivity index (χ2v) is 13.6. The highest BCUT2D eigenvalue weighted by atomic mass is 79.9. The predicted octanol–water partition coefficient (Wildman–Crippen LogP) is 9.96. The van der Waals surface area contributed by atoms with E-state index in [1.54, 1.807) is 18.2 Å². The summed E-state index contributed by atoms with van der Waals surface area (Å²) < 4.78 is 128. The van der Waals surface area contributed by atoms with Crippen LogP contribution in [0.5, 0.6) is 17.2 Å². The fourth-order valence-corrected chi connectivity index (χ4v) is 5.56. The van der Waals surface area contributed by atoms with Crippen molar-refractivity contribution in [3.63, 3.8) is 0 Å². The molecule has 0 atom stereocenters. The lowest BCUT2D eigenvalue weighted by atomic mass is 10.1. The number of carbonyl (C=O) groups is 3. The number of benzene rings is 6. The van der Waals surface area contributed by atoms with Crippen molar-refractivity contribution >= 4 is 56.6 Å². The van der Waals surface area contributed by atoms with Crippen LogP contribution >= 0.6 is 15.9 Å². The molecule has 10 N–H and O–H groups in total. The zero-order valence-corrected chi connectivity index (χ0v) is 35.1. The average Bonchev–Trinajstić information content (AvgIpc) is 3.30. The molecule has 0 aliphatic rings. The molecule has 0 unspecified atom stereocenters. The van der Waals surface area contributed by atoms with E-state index in [2.05, 4.69) is 26.6 Å². The van der Waals surface area contributed by atoms with Crippen molar-refractivity contribution < 1.29 is 93.9 Å². The van der Waals surface area contributed by atoms with Crippen LogP contribution in [0.1, 0.15) is 47.8 Å². The monoisotopic (exact) mass is 1030 g/mol. The topological polar surface area (TPSA) is 266 Å². The molecule has 68 heavy (non-hydrogen) atoms. The highest BCUT2D eigenvalue weighted by Gasteiger charge is 2.26. The Labute approximate surface area is 382 Å². The number of nitro benzene ring substituents is 1. The van der Waals surface area contributed by atoms with Gasteiger partial charge in [-0.2, -0.15) is 0 Å². The Morgan fingerprint density at radius 1 is 0.515 bits per heavy atom. The first-order valence-electron chi connectivity index (χ1n) is 18.0. The van der Waals surface area contributed by atoms with Gasteiger partial charge in [0.15, 0.2) is 46.5 Å². The van der Waals surface area contributed by atoms with Crippen LogP contribution in [0.4, 0.5) is 66.7 Å². The molecule has 0 amide bonds. The minimum absolute atomic E-state index is 0.00383. The number of aromatic carboxylic acids is 3. The first kappa shape index (κ1) is 54.0. The third-order valence-electron chi connectivity index (χ3n) is 8.55. The van der Waals surface area contributed by atoms with E-state index in [1.807, 2.05) is 0 Å². The number of rotatable bonds is 11. The molecule has 0 radical (unpaired) electrons. The van der Waals surface area contributed by atoms with Crippen LogP contribution in [0.2, 0.25) is 0 Å². The summed E-state index contributed by atoms with van der Waals surface area (Å²) in [6, 6.07) is 17.2. The molecular formula is C42H29BrF10N4O11. The molecule has 26 heteroatoms. The van der Waals surface area contributed by atoms with Crippen molar-refractivity contribution in [3.8, 4) is 17.2 Å². The summed E-state index contributed by atoms with van der Waals surface area (Å²) in [5, 5.41) is 69.3. The maximum absolute atomic E-state index is 13.5. The van der Waals surface area contributed by atoms with Crippen LogP contribution in [-0.2, 0) is 18.4 Å². The number of carboxylic acids is 3. The standard InChI is InChI=1S/C14H8F5NO3.C14H12N2O5.C7H2BrF5.C7H7NO3/c15-9-7(10(16)12(18)13(19)11(9)17)4-20-5-1-2-8(21)6(3-5)14(22)23;17-13-6-3-10(7-12(13)14(18)19)15-8-9-1-4-11(5-2-9)16(20)21;8-1-2-3(9)5(11)7(13)6(12)4(2)10;8-4-1-2-6(9)5(3-4)7(10)11/h1-3,20-21H,4H2,(H,22,23);1-7,15,17H,8H2,(H,18,19);1H2;1-3,9H,8H2,(H,10,11). The molecule has 15 nitrogen and oxygen atoms in total. The highest BCUT2D eigenvalue weighted by molar-refractivity contribution is 9.08. The molecule has 0 saturated carbocycles. The highest BCUT2D eigenvalue weighted by Crippen LogP contribution is 2.28. The van der Waals surface area contributed by atoms with Crippen LogP contribution in [-0.4, -0.2) is 53.5 Å². The van der Waals surface area contributed by atoms with Crippen molar-refractivity contribution in [3.05, 3.63) is 181 Å². The van der Waals surface area contributed by atoms with Gasteiger partial charge in [0.1, 0.15) is 33.9 Å². The number of nitrogens with one attached hydrogen (secondary N) is 2. The molecule has 0 fully saturated rings. The first-order chi connectivity index (χ1) is 31.8. The van der Waals surface area contributed by atoms with Gasteiger partial charge in [-0.15, -0.1) is 0 Å². The van der Waals surface area contributed by atoms with E-state index < -0.39 is 115 Å². The van der Waals surface area contributed by atoms with E-state index >= 15 is 0 Å². The van der Waals surface area contributed by atoms with E-state index in [4.69, 9.17) is 26.2 Å². The molecule has 6 aromatic rings. The third-order valence-corrected chi connectivity index (χ3v) is 9.11. The number of non-ortho nitro benzene ring substituents is 1. The lowest BCUT2D eigenvalue weighted by Gasteiger charge is -2.11. The van der Waals surface area contributed by atoms with Crippen molar-refractivity contribution in [2.75, 3.05) is 16.4 Å². The molecule has 0 saturated heterocycles.